The third kappa shape index (κ3) is 3.03. The van der Waals surface area contributed by atoms with Crippen molar-refractivity contribution in [1.82, 2.24) is 0 Å². The van der Waals surface area contributed by atoms with Gasteiger partial charge in [-0.3, -0.25) is 0 Å². The van der Waals surface area contributed by atoms with E-state index in [1.165, 1.54) is 5.56 Å². The first-order valence-corrected chi connectivity index (χ1v) is 6.83. The van der Waals surface area contributed by atoms with E-state index in [4.69, 9.17) is 16.0 Å². The van der Waals surface area contributed by atoms with Crippen molar-refractivity contribution < 1.29 is 4.42 Å². The summed E-state index contributed by atoms with van der Waals surface area (Å²) in [5.41, 5.74) is 2.24. The van der Waals surface area contributed by atoms with E-state index in [2.05, 4.69) is 17.4 Å². The quantitative estimate of drug-likeness (QED) is 0.711. The molecule has 0 bridgehead atoms. The van der Waals surface area contributed by atoms with Crippen LogP contribution in [0.5, 0.6) is 0 Å². The molecule has 0 aliphatic carbocycles. The fraction of sp³-hybridized carbons (Fsp3) is 0.0588. The molecule has 20 heavy (non-hydrogen) atoms. The summed E-state index contributed by atoms with van der Waals surface area (Å²) in [6.07, 6.45) is 0. The van der Waals surface area contributed by atoms with Gasteiger partial charge in [0.2, 0.25) is 0 Å². The van der Waals surface area contributed by atoms with Crippen LogP contribution in [0.15, 0.2) is 71.1 Å². The minimum absolute atomic E-state index is 0.725. The van der Waals surface area contributed by atoms with Crippen molar-refractivity contribution in [2.24, 2.45) is 0 Å². The fourth-order valence-electron chi connectivity index (χ4n) is 1.99. The normalized spacial score (nSPS) is 10.4. The van der Waals surface area contributed by atoms with Gasteiger partial charge in [-0.2, -0.15) is 0 Å². The molecule has 0 radical (unpaired) electrons. The highest BCUT2D eigenvalue weighted by Crippen LogP contribution is 2.26. The van der Waals surface area contributed by atoms with Gasteiger partial charge in [-0.1, -0.05) is 41.9 Å². The lowest BCUT2D eigenvalue weighted by atomic mass is 10.2. The van der Waals surface area contributed by atoms with Crippen LogP contribution in [0.1, 0.15) is 5.56 Å². The summed E-state index contributed by atoms with van der Waals surface area (Å²) >= 11 is 5.88. The van der Waals surface area contributed by atoms with Crippen LogP contribution in [0.25, 0.3) is 11.3 Å². The average molecular weight is 284 g/mol. The second kappa shape index (κ2) is 5.85. The molecule has 0 unspecified atom stereocenters. The number of furan rings is 1. The van der Waals surface area contributed by atoms with Crippen molar-refractivity contribution in [2.45, 2.75) is 6.54 Å². The summed E-state index contributed by atoms with van der Waals surface area (Å²) in [6, 6.07) is 21.7. The minimum atomic E-state index is 0.725. The summed E-state index contributed by atoms with van der Waals surface area (Å²) < 4.78 is 5.78. The fourth-order valence-corrected chi connectivity index (χ4v) is 2.11. The zero-order chi connectivity index (χ0) is 13.8. The van der Waals surface area contributed by atoms with E-state index in [-0.39, 0.29) is 0 Å². The van der Waals surface area contributed by atoms with Crippen LogP contribution in [0.2, 0.25) is 5.02 Å². The van der Waals surface area contributed by atoms with Gasteiger partial charge >= 0.3 is 0 Å². The maximum absolute atomic E-state index is 5.88. The van der Waals surface area contributed by atoms with Crippen LogP contribution < -0.4 is 5.32 Å². The predicted octanol–water partition coefficient (Wildman–Crippen LogP) is 5.21. The number of benzene rings is 2. The highest BCUT2D eigenvalue weighted by atomic mass is 35.5. The molecule has 2 aromatic carbocycles. The largest absolute Gasteiger partial charge is 0.441 e. The molecule has 0 aliphatic rings. The van der Waals surface area contributed by atoms with Gasteiger partial charge in [0.05, 0.1) is 0 Å². The van der Waals surface area contributed by atoms with Gasteiger partial charge in [0.15, 0.2) is 5.88 Å². The van der Waals surface area contributed by atoms with Crippen molar-refractivity contribution in [3.05, 3.63) is 77.3 Å². The zero-order valence-corrected chi connectivity index (χ0v) is 11.6. The van der Waals surface area contributed by atoms with Gasteiger partial charge in [0.1, 0.15) is 5.76 Å². The monoisotopic (exact) mass is 283 g/mol. The van der Waals surface area contributed by atoms with E-state index in [9.17, 15) is 0 Å². The summed E-state index contributed by atoms with van der Waals surface area (Å²) in [6.45, 7) is 0.744. The molecule has 0 aliphatic heterocycles. The van der Waals surface area contributed by atoms with Crippen molar-refractivity contribution >= 4 is 17.5 Å². The molecule has 1 N–H and O–H groups in total. The Morgan fingerprint density at radius 1 is 0.850 bits per heavy atom. The van der Waals surface area contributed by atoms with Gasteiger partial charge in [-0.15, -0.1) is 0 Å². The van der Waals surface area contributed by atoms with E-state index in [0.29, 0.717) is 0 Å². The lowest BCUT2D eigenvalue weighted by molar-refractivity contribution is 0.593. The van der Waals surface area contributed by atoms with Gasteiger partial charge in [0.25, 0.3) is 0 Å². The van der Waals surface area contributed by atoms with Crippen LogP contribution in [0.3, 0.4) is 0 Å². The Balaban J connectivity index is 1.69. The van der Waals surface area contributed by atoms with Crippen molar-refractivity contribution in [3.8, 4) is 11.3 Å². The summed E-state index contributed by atoms with van der Waals surface area (Å²) in [5, 5.41) is 3.99. The minimum Gasteiger partial charge on any atom is -0.441 e. The molecule has 3 aromatic rings. The van der Waals surface area contributed by atoms with Crippen LogP contribution in [0.4, 0.5) is 5.88 Å². The Hall–Kier alpha value is -2.19. The smallest absolute Gasteiger partial charge is 0.193 e. The van der Waals surface area contributed by atoms with Crippen molar-refractivity contribution in [2.75, 3.05) is 5.32 Å². The Morgan fingerprint density at radius 3 is 2.35 bits per heavy atom. The molecule has 0 saturated heterocycles. The summed E-state index contributed by atoms with van der Waals surface area (Å²) in [5.74, 6) is 1.59. The zero-order valence-electron chi connectivity index (χ0n) is 10.8. The summed E-state index contributed by atoms with van der Waals surface area (Å²) in [7, 11) is 0. The lowest BCUT2D eigenvalue weighted by Crippen LogP contribution is -1.97. The molecule has 0 amide bonds. The molecule has 0 atom stereocenters. The third-order valence-corrected chi connectivity index (χ3v) is 3.30. The van der Waals surface area contributed by atoms with E-state index in [0.717, 1.165) is 28.8 Å². The SMILES string of the molecule is Clc1ccc(-c2ccc(NCc3ccccc3)o2)cc1. The first kappa shape index (κ1) is 12.8. The Kier molecular flexibility index (Phi) is 3.75. The second-order valence-electron chi connectivity index (χ2n) is 4.51. The standard InChI is InChI=1S/C17H14ClNO/c18-15-8-6-14(7-9-15)16-10-11-17(20-16)19-12-13-4-2-1-3-5-13/h1-11,19H,12H2. The van der Waals surface area contributed by atoms with Gasteiger partial charge in [0, 0.05) is 23.2 Å². The number of hydrogen-bond acceptors (Lipinski definition) is 2. The number of rotatable bonds is 4. The maximum Gasteiger partial charge on any atom is 0.193 e. The molecule has 1 aromatic heterocycles. The lowest BCUT2D eigenvalue weighted by Gasteiger charge is -2.03. The Bertz CT molecular complexity index is 674. The summed E-state index contributed by atoms with van der Waals surface area (Å²) in [4.78, 5) is 0. The van der Waals surface area contributed by atoms with Crippen molar-refractivity contribution in [1.29, 1.82) is 0 Å². The molecule has 0 fully saturated rings. The number of halogens is 1. The average Bonchev–Trinajstić information content (AvgIpc) is 2.96. The first-order chi connectivity index (χ1) is 9.81. The van der Waals surface area contributed by atoms with Gasteiger partial charge in [-0.25, -0.2) is 0 Å². The van der Waals surface area contributed by atoms with Crippen molar-refractivity contribution in [3.63, 3.8) is 0 Å². The Morgan fingerprint density at radius 2 is 1.60 bits per heavy atom. The molecule has 3 rings (SSSR count). The molecule has 3 heteroatoms. The van der Waals surface area contributed by atoms with E-state index in [1.54, 1.807) is 0 Å². The highest BCUT2D eigenvalue weighted by molar-refractivity contribution is 6.30. The number of hydrogen-bond donors (Lipinski definition) is 1. The van der Waals surface area contributed by atoms with Crippen LogP contribution in [-0.2, 0) is 6.54 Å². The molecular formula is C17H14ClNO. The molecule has 0 spiro atoms. The van der Waals surface area contributed by atoms with Crippen LogP contribution in [-0.4, -0.2) is 0 Å². The molecule has 2 nitrogen and oxygen atoms in total. The van der Waals surface area contributed by atoms with Gasteiger partial charge in [-0.05, 0) is 35.9 Å². The van der Waals surface area contributed by atoms with Crippen LogP contribution in [0, 0.1) is 0 Å². The number of nitrogens with one attached hydrogen (secondary N) is 1. The molecule has 1 heterocycles. The second-order valence-corrected chi connectivity index (χ2v) is 4.95. The first-order valence-electron chi connectivity index (χ1n) is 6.45. The molecule has 0 saturated carbocycles. The van der Waals surface area contributed by atoms with E-state index >= 15 is 0 Å². The van der Waals surface area contributed by atoms with Gasteiger partial charge < -0.3 is 9.73 Å². The third-order valence-electron chi connectivity index (χ3n) is 3.04. The van der Waals surface area contributed by atoms with E-state index < -0.39 is 0 Å². The topological polar surface area (TPSA) is 25.2 Å². The highest BCUT2D eigenvalue weighted by Gasteiger charge is 2.04. The Labute approximate surface area is 123 Å². The van der Waals surface area contributed by atoms with E-state index in [1.807, 2.05) is 54.6 Å². The predicted molar refractivity (Wildman–Crippen MR) is 82.9 cm³/mol. The molecule has 100 valence electrons. The number of anilines is 1. The maximum atomic E-state index is 5.88. The molecular weight excluding hydrogens is 270 g/mol. The van der Waals surface area contributed by atoms with Crippen LogP contribution >= 0.6 is 11.6 Å².